The van der Waals surface area contributed by atoms with Crippen LogP contribution in [-0.2, 0) is 11.2 Å². The first-order valence-electron chi connectivity index (χ1n) is 6.20. The van der Waals surface area contributed by atoms with E-state index in [0.717, 1.165) is 23.7 Å². The van der Waals surface area contributed by atoms with Gasteiger partial charge in [0, 0.05) is 23.9 Å². The Morgan fingerprint density at radius 2 is 2.35 bits per heavy atom. The van der Waals surface area contributed by atoms with Crippen LogP contribution in [0.25, 0.3) is 0 Å². The monoisotopic (exact) mass is 298 g/mol. The van der Waals surface area contributed by atoms with Gasteiger partial charge < -0.3 is 9.84 Å². The van der Waals surface area contributed by atoms with Gasteiger partial charge >= 0.3 is 0 Å². The Morgan fingerprint density at radius 1 is 1.53 bits per heavy atom. The quantitative estimate of drug-likeness (QED) is 0.928. The summed E-state index contributed by atoms with van der Waals surface area (Å²) in [6.07, 6.45) is 3.37. The molecule has 1 fully saturated rings. The van der Waals surface area contributed by atoms with Gasteiger partial charge in [0.25, 0.3) is 0 Å². The SMILES string of the molecule is CCC1CC(O)(Cc2cccc(Br)c2)CCO1. The zero-order valence-electron chi connectivity index (χ0n) is 10.2. The van der Waals surface area contributed by atoms with Crippen molar-refractivity contribution in [3.8, 4) is 0 Å². The van der Waals surface area contributed by atoms with Gasteiger partial charge in [-0.2, -0.15) is 0 Å². The molecule has 1 aromatic carbocycles. The van der Waals surface area contributed by atoms with Crippen molar-refractivity contribution in [2.24, 2.45) is 0 Å². The van der Waals surface area contributed by atoms with Gasteiger partial charge in [0.15, 0.2) is 0 Å². The molecule has 0 spiro atoms. The summed E-state index contributed by atoms with van der Waals surface area (Å²) in [5, 5.41) is 10.6. The molecular weight excluding hydrogens is 280 g/mol. The van der Waals surface area contributed by atoms with Crippen LogP contribution >= 0.6 is 15.9 Å². The lowest BCUT2D eigenvalue weighted by molar-refractivity contribution is -0.103. The first kappa shape index (κ1) is 13.1. The average molecular weight is 299 g/mol. The molecule has 94 valence electrons. The minimum absolute atomic E-state index is 0.209. The summed E-state index contributed by atoms with van der Waals surface area (Å²) in [4.78, 5) is 0. The van der Waals surface area contributed by atoms with Crippen LogP contribution in [0.4, 0.5) is 0 Å². The van der Waals surface area contributed by atoms with Crippen LogP contribution in [0.1, 0.15) is 31.7 Å². The molecule has 0 bridgehead atoms. The van der Waals surface area contributed by atoms with Crippen LogP contribution < -0.4 is 0 Å². The lowest BCUT2D eigenvalue weighted by Crippen LogP contribution is -2.42. The molecule has 1 N–H and O–H groups in total. The van der Waals surface area contributed by atoms with Crippen molar-refractivity contribution in [3.05, 3.63) is 34.3 Å². The average Bonchev–Trinajstić information content (AvgIpc) is 2.28. The summed E-state index contributed by atoms with van der Waals surface area (Å²) in [7, 11) is 0. The van der Waals surface area contributed by atoms with Crippen LogP contribution in [0.15, 0.2) is 28.7 Å². The first-order chi connectivity index (χ1) is 8.11. The topological polar surface area (TPSA) is 29.5 Å². The van der Waals surface area contributed by atoms with Gasteiger partial charge in [0.05, 0.1) is 11.7 Å². The summed E-state index contributed by atoms with van der Waals surface area (Å²) in [6, 6.07) is 8.17. The molecule has 1 heterocycles. The van der Waals surface area contributed by atoms with Crippen molar-refractivity contribution >= 4 is 15.9 Å². The molecule has 0 radical (unpaired) electrons. The fourth-order valence-corrected chi connectivity index (χ4v) is 2.90. The second-order valence-electron chi connectivity index (χ2n) is 4.89. The van der Waals surface area contributed by atoms with E-state index in [1.807, 2.05) is 12.1 Å². The highest BCUT2D eigenvalue weighted by Crippen LogP contribution is 2.30. The maximum absolute atomic E-state index is 10.6. The highest BCUT2D eigenvalue weighted by atomic mass is 79.9. The zero-order valence-corrected chi connectivity index (χ0v) is 11.7. The Labute approximate surface area is 111 Å². The molecule has 0 aromatic heterocycles. The largest absolute Gasteiger partial charge is 0.389 e. The van der Waals surface area contributed by atoms with E-state index in [0.29, 0.717) is 13.0 Å². The van der Waals surface area contributed by atoms with Crippen LogP contribution in [0.5, 0.6) is 0 Å². The first-order valence-corrected chi connectivity index (χ1v) is 6.99. The maximum Gasteiger partial charge on any atom is 0.0734 e. The van der Waals surface area contributed by atoms with Crippen molar-refractivity contribution in [1.29, 1.82) is 0 Å². The van der Waals surface area contributed by atoms with Gasteiger partial charge in [0.2, 0.25) is 0 Å². The van der Waals surface area contributed by atoms with Crippen molar-refractivity contribution in [1.82, 2.24) is 0 Å². The highest BCUT2D eigenvalue weighted by Gasteiger charge is 2.34. The molecule has 2 atom stereocenters. The molecule has 0 saturated carbocycles. The minimum Gasteiger partial charge on any atom is -0.389 e. The molecule has 2 unspecified atom stereocenters. The van der Waals surface area contributed by atoms with Crippen molar-refractivity contribution in [3.63, 3.8) is 0 Å². The van der Waals surface area contributed by atoms with Crippen LogP contribution in [0.3, 0.4) is 0 Å². The predicted octanol–water partition coefficient (Wildman–Crippen LogP) is 3.31. The molecule has 1 aromatic rings. The Kier molecular flexibility index (Phi) is 4.23. The number of rotatable bonds is 3. The third-order valence-electron chi connectivity index (χ3n) is 3.41. The molecule has 1 saturated heterocycles. The number of ether oxygens (including phenoxy) is 1. The lowest BCUT2D eigenvalue weighted by atomic mass is 9.84. The number of hydrogen-bond acceptors (Lipinski definition) is 2. The van der Waals surface area contributed by atoms with Gasteiger partial charge in [-0.15, -0.1) is 0 Å². The number of hydrogen-bond donors (Lipinski definition) is 1. The Bertz CT molecular complexity index is 380. The van der Waals surface area contributed by atoms with E-state index < -0.39 is 5.60 Å². The number of halogens is 1. The number of benzene rings is 1. The maximum atomic E-state index is 10.6. The smallest absolute Gasteiger partial charge is 0.0734 e. The van der Waals surface area contributed by atoms with Crippen molar-refractivity contribution in [2.75, 3.05) is 6.61 Å². The van der Waals surface area contributed by atoms with E-state index in [1.54, 1.807) is 0 Å². The fourth-order valence-electron chi connectivity index (χ4n) is 2.45. The van der Waals surface area contributed by atoms with E-state index in [2.05, 4.69) is 35.0 Å². The van der Waals surface area contributed by atoms with Gasteiger partial charge in [-0.05, 0) is 30.5 Å². The van der Waals surface area contributed by atoms with Gasteiger partial charge in [0.1, 0.15) is 0 Å². The molecule has 17 heavy (non-hydrogen) atoms. The minimum atomic E-state index is -0.597. The van der Waals surface area contributed by atoms with Crippen LogP contribution in [-0.4, -0.2) is 23.4 Å². The summed E-state index contributed by atoms with van der Waals surface area (Å²) < 4.78 is 6.68. The van der Waals surface area contributed by atoms with Gasteiger partial charge in [-0.3, -0.25) is 0 Å². The van der Waals surface area contributed by atoms with E-state index in [4.69, 9.17) is 4.74 Å². The Morgan fingerprint density at radius 3 is 3.06 bits per heavy atom. The van der Waals surface area contributed by atoms with Gasteiger partial charge in [-0.25, -0.2) is 0 Å². The van der Waals surface area contributed by atoms with Gasteiger partial charge in [-0.1, -0.05) is 35.0 Å². The molecule has 1 aliphatic rings. The standard InChI is InChI=1S/C14H19BrO2/c1-2-13-10-14(16,6-7-17-13)9-11-4-3-5-12(15)8-11/h3-5,8,13,16H,2,6-7,9-10H2,1H3. The molecule has 3 heteroatoms. The Balaban J connectivity index is 2.06. The van der Waals surface area contributed by atoms with Crippen molar-refractivity contribution in [2.45, 2.75) is 44.3 Å². The molecule has 2 rings (SSSR count). The summed E-state index contributed by atoms with van der Waals surface area (Å²) in [6.45, 7) is 2.78. The Hall–Kier alpha value is -0.380. The summed E-state index contributed by atoms with van der Waals surface area (Å²) in [5.41, 5.74) is 0.582. The molecular formula is C14H19BrO2. The van der Waals surface area contributed by atoms with E-state index in [-0.39, 0.29) is 6.10 Å². The van der Waals surface area contributed by atoms with Crippen LogP contribution in [0.2, 0.25) is 0 Å². The van der Waals surface area contributed by atoms with E-state index in [1.165, 1.54) is 5.56 Å². The zero-order chi connectivity index (χ0) is 12.3. The summed E-state index contributed by atoms with van der Waals surface area (Å²) >= 11 is 3.46. The molecule has 1 aliphatic heterocycles. The number of aliphatic hydroxyl groups is 1. The lowest BCUT2D eigenvalue weighted by Gasteiger charge is -2.36. The van der Waals surface area contributed by atoms with Crippen LogP contribution in [0, 0.1) is 0 Å². The summed E-state index contributed by atoms with van der Waals surface area (Å²) in [5.74, 6) is 0. The third-order valence-corrected chi connectivity index (χ3v) is 3.90. The third kappa shape index (κ3) is 3.54. The van der Waals surface area contributed by atoms with E-state index in [9.17, 15) is 5.11 Å². The highest BCUT2D eigenvalue weighted by molar-refractivity contribution is 9.10. The second kappa shape index (κ2) is 5.51. The fraction of sp³-hybridized carbons (Fsp3) is 0.571. The molecule has 0 amide bonds. The normalized spacial score (nSPS) is 29.2. The molecule has 2 nitrogen and oxygen atoms in total. The second-order valence-corrected chi connectivity index (χ2v) is 5.80. The predicted molar refractivity (Wildman–Crippen MR) is 72.1 cm³/mol. The molecule has 0 aliphatic carbocycles. The van der Waals surface area contributed by atoms with E-state index >= 15 is 0 Å². The van der Waals surface area contributed by atoms with Crippen molar-refractivity contribution < 1.29 is 9.84 Å².